The van der Waals surface area contributed by atoms with Crippen molar-refractivity contribution in [3.8, 4) is 0 Å². The van der Waals surface area contributed by atoms with E-state index in [2.05, 4.69) is 10.2 Å². The average molecular weight is 249 g/mol. The van der Waals surface area contributed by atoms with E-state index >= 15 is 0 Å². The Morgan fingerprint density at radius 2 is 1.94 bits per heavy atom. The molecule has 1 saturated heterocycles. The minimum absolute atomic E-state index is 0.255. The molecule has 0 unspecified atom stereocenters. The van der Waals surface area contributed by atoms with E-state index in [1.54, 1.807) is 7.05 Å². The largest absolute Gasteiger partial charge is 0.314 e. The molecular weight excluding hydrogens is 226 g/mol. The first kappa shape index (κ1) is 13.9. The van der Waals surface area contributed by atoms with E-state index in [4.69, 9.17) is 0 Å². The molecular formula is C10H23N3O2S. The Morgan fingerprint density at radius 1 is 1.31 bits per heavy atom. The third-order valence-electron chi connectivity index (χ3n) is 2.88. The van der Waals surface area contributed by atoms with Crippen molar-refractivity contribution in [2.45, 2.75) is 13.3 Å². The highest BCUT2D eigenvalue weighted by molar-refractivity contribution is 7.89. The van der Waals surface area contributed by atoms with Gasteiger partial charge in [0.2, 0.25) is 10.0 Å². The van der Waals surface area contributed by atoms with Crippen LogP contribution in [0, 0.1) is 0 Å². The second-order valence-corrected chi connectivity index (χ2v) is 6.42. The molecule has 0 bridgehead atoms. The smallest absolute Gasteiger partial charge is 0.213 e. The van der Waals surface area contributed by atoms with Crippen molar-refractivity contribution in [1.29, 1.82) is 0 Å². The highest BCUT2D eigenvalue weighted by atomic mass is 32.2. The second kappa shape index (κ2) is 6.54. The van der Waals surface area contributed by atoms with Gasteiger partial charge in [0.05, 0.1) is 5.75 Å². The van der Waals surface area contributed by atoms with Crippen LogP contribution in [0.3, 0.4) is 0 Å². The molecule has 0 radical (unpaired) electrons. The molecule has 5 nitrogen and oxygen atoms in total. The van der Waals surface area contributed by atoms with Crippen molar-refractivity contribution in [3.63, 3.8) is 0 Å². The molecule has 6 heteroatoms. The van der Waals surface area contributed by atoms with Crippen LogP contribution in [0.25, 0.3) is 0 Å². The van der Waals surface area contributed by atoms with E-state index in [0.29, 0.717) is 13.0 Å². The Kier molecular flexibility index (Phi) is 5.68. The summed E-state index contributed by atoms with van der Waals surface area (Å²) >= 11 is 0. The van der Waals surface area contributed by atoms with Crippen LogP contribution in [0.4, 0.5) is 0 Å². The van der Waals surface area contributed by atoms with Gasteiger partial charge < -0.3 is 5.32 Å². The SMILES string of the molecule is CCCS(=O)(=O)N(C)CCN1CCNCC1. The molecule has 0 aromatic heterocycles. The van der Waals surface area contributed by atoms with Gasteiger partial charge in [0.1, 0.15) is 0 Å². The van der Waals surface area contributed by atoms with Crippen LogP contribution >= 0.6 is 0 Å². The molecule has 16 heavy (non-hydrogen) atoms. The number of piperazine rings is 1. The van der Waals surface area contributed by atoms with Crippen LogP contribution in [0.1, 0.15) is 13.3 Å². The summed E-state index contributed by atoms with van der Waals surface area (Å²) in [5.41, 5.74) is 0. The van der Waals surface area contributed by atoms with E-state index in [-0.39, 0.29) is 5.75 Å². The highest BCUT2D eigenvalue weighted by Crippen LogP contribution is 2.01. The summed E-state index contributed by atoms with van der Waals surface area (Å²) in [6.07, 6.45) is 0.681. The molecule has 0 saturated carbocycles. The molecule has 1 fully saturated rings. The van der Waals surface area contributed by atoms with Gasteiger partial charge >= 0.3 is 0 Å². The molecule has 0 spiro atoms. The van der Waals surface area contributed by atoms with Crippen LogP contribution in [0.15, 0.2) is 0 Å². The number of hydrogen-bond donors (Lipinski definition) is 1. The van der Waals surface area contributed by atoms with Gasteiger partial charge in [-0.3, -0.25) is 4.90 Å². The Bertz CT molecular complexity index is 286. The average Bonchev–Trinajstić information content (AvgIpc) is 2.27. The first-order valence-corrected chi connectivity index (χ1v) is 7.54. The Labute approximate surface area is 98.8 Å². The topological polar surface area (TPSA) is 52.7 Å². The third kappa shape index (κ3) is 4.37. The van der Waals surface area contributed by atoms with Crippen LogP contribution in [0.5, 0.6) is 0 Å². The van der Waals surface area contributed by atoms with Gasteiger partial charge in [0.25, 0.3) is 0 Å². The molecule has 1 aliphatic rings. The fourth-order valence-electron chi connectivity index (χ4n) is 1.77. The molecule has 1 rings (SSSR count). The molecule has 1 aliphatic heterocycles. The fourth-order valence-corrected chi connectivity index (χ4v) is 2.96. The van der Waals surface area contributed by atoms with Crippen molar-refractivity contribution in [3.05, 3.63) is 0 Å². The lowest BCUT2D eigenvalue weighted by atomic mass is 10.3. The number of rotatable bonds is 6. The zero-order valence-electron chi connectivity index (χ0n) is 10.3. The molecule has 0 aliphatic carbocycles. The predicted octanol–water partition coefficient (Wildman–Crippen LogP) is -0.437. The zero-order chi connectivity index (χ0) is 12.0. The number of likely N-dealkylation sites (N-methyl/N-ethyl adjacent to an activating group) is 1. The summed E-state index contributed by atoms with van der Waals surface area (Å²) in [7, 11) is -1.35. The van der Waals surface area contributed by atoms with Gasteiger partial charge in [0.15, 0.2) is 0 Å². The van der Waals surface area contributed by atoms with Crippen molar-refractivity contribution in [2.24, 2.45) is 0 Å². The molecule has 96 valence electrons. The van der Waals surface area contributed by atoms with Crippen molar-refractivity contribution < 1.29 is 8.42 Å². The Morgan fingerprint density at radius 3 is 2.50 bits per heavy atom. The van der Waals surface area contributed by atoms with E-state index in [1.165, 1.54) is 4.31 Å². The summed E-state index contributed by atoms with van der Waals surface area (Å²) in [6, 6.07) is 0. The van der Waals surface area contributed by atoms with Crippen molar-refractivity contribution in [1.82, 2.24) is 14.5 Å². The molecule has 1 N–H and O–H groups in total. The van der Waals surface area contributed by atoms with Crippen molar-refractivity contribution in [2.75, 3.05) is 52.1 Å². The van der Waals surface area contributed by atoms with Gasteiger partial charge in [-0.25, -0.2) is 12.7 Å². The maximum atomic E-state index is 11.7. The molecule has 1 heterocycles. The molecule has 0 amide bonds. The fraction of sp³-hybridized carbons (Fsp3) is 1.00. The molecule has 0 aromatic rings. The Hall–Kier alpha value is -0.170. The summed E-state index contributed by atoms with van der Waals surface area (Å²) in [4.78, 5) is 2.30. The Balaban J connectivity index is 2.30. The third-order valence-corrected chi connectivity index (χ3v) is 4.93. The molecule has 0 aromatic carbocycles. The lowest BCUT2D eigenvalue weighted by Gasteiger charge is -2.28. The van der Waals surface area contributed by atoms with Gasteiger partial charge in [-0.05, 0) is 6.42 Å². The lowest BCUT2D eigenvalue weighted by Crippen LogP contribution is -2.46. The monoisotopic (exact) mass is 249 g/mol. The second-order valence-electron chi connectivity index (χ2n) is 4.23. The zero-order valence-corrected chi connectivity index (χ0v) is 11.1. The summed E-state index contributed by atoms with van der Waals surface area (Å²) in [5.74, 6) is 0.255. The first-order valence-electron chi connectivity index (χ1n) is 5.93. The van der Waals surface area contributed by atoms with Crippen LogP contribution < -0.4 is 5.32 Å². The predicted molar refractivity (Wildman–Crippen MR) is 66.0 cm³/mol. The lowest BCUT2D eigenvalue weighted by molar-refractivity contribution is 0.229. The maximum absolute atomic E-state index is 11.7. The van der Waals surface area contributed by atoms with Gasteiger partial charge in [-0.2, -0.15) is 0 Å². The molecule has 0 atom stereocenters. The van der Waals surface area contributed by atoms with E-state index < -0.39 is 10.0 Å². The van der Waals surface area contributed by atoms with Crippen LogP contribution in [-0.4, -0.2) is 69.7 Å². The van der Waals surface area contributed by atoms with E-state index in [1.807, 2.05) is 6.92 Å². The summed E-state index contributed by atoms with van der Waals surface area (Å²) in [6.45, 7) is 7.37. The van der Waals surface area contributed by atoms with Crippen LogP contribution in [0.2, 0.25) is 0 Å². The van der Waals surface area contributed by atoms with Crippen LogP contribution in [-0.2, 0) is 10.0 Å². The number of sulfonamides is 1. The first-order chi connectivity index (χ1) is 7.56. The summed E-state index contributed by atoms with van der Waals surface area (Å²) < 4.78 is 24.9. The van der Waals surface area contributed by atoms with E-state index in [9.17, 15) is 8.42 Å². The quantitative estimate of drug-likeness (QED) is 0.693. The number of hydrogen-bond acceptors (Lipinski definition) is 4. The minimum atomic E-state index is -3.02. The van der Waals surface area contributed by atoms with Gasteiger partial charge in [0, 0.05) is 46.3 Å². The van der Waals surface area contributed by atoms with Gasteiger partial charge in [-0.15, -0.1) is 0 Å². The maximum Gasteiger partial charge on any atom is 0.213 e. The van der Waals surface area contributed by atoms with E-state index in [0.717, 1.165) is 32.7 Å². The number of nitrogens with one attached hydrogen (secondary N) is 1. The van der Waals surface area contributed by atoms with Crippen molar-refractivity contribution >= 4 is 10.0 Å². The number of nitrogens with zero attached hydrogens (tertiary/aromatic N) is 2. The summed E-state index contributed by atoms with van der Waals surface area (Å²) in [5, 5.41) is 3.28. The highest BCUT2D eigenvalue weighted by Gasteiger charge is 2.17. The van der Waals surface area contributed by atoms with Gasteiger partial charge in [-0.1, -0.05) is 6.92 Å². The minimum Gasteiger partial charge on any atom is -0.314 e. The standard InChI is InChI=1S/C10H23N3O2S/c1-3-10-16(14,15)12(2)8-9-13-6-4-11-5-7-13/h11H,3-10H2,1-2H3. The normalized spacial score (nSPS) is 19.2.